The second-order valence-corrected chi connectivity index (χ2v) is 8.69. The summed E-state index contributed by atoms with van der Waals surface area (Å²) in [6.07, 6.45) is 1.72. The first-order valence-corrected chi connectivity index (χ1v) is 10.4. The molecule has 5 nitrogen and oxygen atoms in total. The molecule has 0 aliphatic heterocycles. The molecule has 1 N–H and O–H groups in total. The van der Waals surface area contributed by atoms with Gasteiger partial charge in [-0.05, 0) is 61.2 Å². The molecule has 0 saturated carbocycles. The van der Waals surface area contributed by atoms with Gasteiger partial charge in [0.25, 0.3) is 0 Å². The van der Waals surface area contributed by atoms with Crippen LogP contribution < -0.4 is 9.62 Å². The SMILES string of the molecule is Cc1cc(C)cc(N(CC(=O)NCCc2cccc(Cl)c2)S(C)(=O)=O)c1. The number of hydrogen-bond acceptors (Lipinski definition) is 3. The molecule has 2 rings (SSSR count). The van der Waals surface area contributed by atoms with Crippen LogP contribution in [0, 0.1) is 13.8 Å². The van der Waals surface area contributed by atoms with Crippen LogP contribution in [0.3, 0.4) is 0 Å². The van der Waals surface area contributed by atoms with E-state index in [-0.39, 0.29) is 12.5 Å². The van der Waals surface area contributed by atoms with Crippen LogP contribution in [-0.4, -0.2) is 33.7 Å². The van der Waals surface area contributed by atoms with E-state index in [0.29, 0.717) is 23.7 Å². The molecule has 0 aromatic heterocycles. The van der Waals surface area contributed by atoms with Crippen LogP contribution in [-0.2, 0) is 21.2 Å². The first-order valence-electron chi connectivity index (χ1n) is 8.22. The number of hydrogen-bond donors (Lipinski definition) is 1. The summed E-state index contributed by atoms with van der Waals surface area (Å²) in [5.74, 6) is -0.350. The van der Waals surface area contributed by atoms with Crippen molar-refractivity contribution in [2.45, 2.75) is 20.3 Å². The maximum atomic E-state index is 12.3. The minimum absolute atomic E-state index is 0.253. The molecule has 0 unspecified atom stereocenters. The second-order valence-electron chi connectivity index (χ2n) is 6.35. The van der Waals surface area contributed by atoms with Gasteiger partial charge in [-0.25, -0.2) is 8.42 Å². The number of anilines is 1. The highest BCUT2D eigenvalue weighted by molar-refractivity contribution is 7.92. The van der Waals surface area contributed by atoms with Gasteiger partial charge < -0.3 is 5.32 Å². The zero-order valence-corrected chi connectivity index (χ0v) is 16.7. The van der Waals surface area contributed by atoms with Crippen molar-refractivity contribution >= 4 is 33.2 Å². The summed E-state index contributed by atoms with van der Waals surface area (Å²) in [5, 5.41) is 3.41. The van der Waals surface area contributed by atoms with E-state index in [4.69, 9.17) is 11.6 Å². The molecule has 7 heteroatoms. The first-order chi connectivity index (χ1) is 12.1. The summed E-state index contributed by atoms with van der Waals surface area (Å²) in [7, 11) is -3.57. The molecule has 26 heavy (non-hydrogen) atoms. The average Bonchev–Trinajstić information content (AvgIpc) is 2.50. The normalized spacial score (nSPS) is 11.2. The van der Waals surface area contributed by atoms with Gasteiger partial charge in [-0.15, -0.1) is 0 Å². The van der Waals surface area contributed by atoms with Crippen LogP contribution in [0.4, 0.5) is 5.69 Å². The van der Waals surface area contributed by atoms with E-state index in [1.807, 2.05) is 38.1 Å². The van der Waals surface area contributed by atoms with Gasteiger partial charge >= 0.3 is 0 Å². The highest BCUT2D eigenvalue weighted by Gasteiger charge is 2.21. The fourth-order valence-electron chi connectivity index (χ4n) is 2.72. The number of carbonyl (C=O) groups excluding carboxylic acids is 1. The lowest BCUT2D eigenvalue weighted by atomic mass is 10.1. The number of sulfonamides is 1. The molecule has 0 atom stereocenters. The molecule has 0 aliphatic rings. The van der Waals surface area contributed by atoms with Crippen molar-refractivity contribution in [3.05, 3.63) is 64.2 Å². The van der Waals surface area contributed by atoms with Gasteiger partial charge in [-0.2, -0.15) is 0 Å². The number of carbonyl (C=O) groups is 1. The third-order valence-corrected chi connectivity index (χ3v) is 5.18. The zero-order chi connectivity index (χ0) is 19.3. The Morgan fingerprint density at radius 2 is 1.77 bits per heavy atom. The maximum absolute atomic E-state index is 12.3. The van der Waals surface area contributed by atoms with Crippen LogP contribution in [0.15, 0.2) is 42.5 Å². The number of rotatable bonds is 7. The number of nitrogens with zero attached hydrogens (tertiary/aromatic N) is 1. The number of nitrogens with one attached hydrogen (secondary N) is 1. The Morgan fingerprint density at radius 3 is 2.35 bits per heavy atom. The number of halogens is 1. The van der Waals surface area contributed by atoms with Crippen molar-refractivity contribution in [1.82, 2.24) is 5.32 Å². The molecule has 0 heterocycles. The predicted octanol–water partition coefficient (Wildman–Crippen LogP) is 3.08. The third-order valence-electron chi connectivity index (χ3n) is 3.81. The number of amides is 1. The van der Waals surface area contributed by atoms with Gasteiger partial charge in [0.1, 0.15) is 6.54 Å². The lowest BCUT2D eigenvalue weighted by Crippen LogP contribution is -2.41. The molecule has 2 aromatic rings. The lowest BCUT2D eigenvalue weighted by molar-refractivity contribution is -0.119. The largest absolute Gasteiger partial charge is 0.354 e. The summed E-state index contributed by atoms with van der Waals surface area (Å²) in [6, 6.07) is 12.9. The van der Waals surface area contributed by atoms with Crippen molar-refractivity contribution in [1.29, 1.82) is 0 Å². The Balaban J connectivity index is 2.03. The zero-order valence-electron chi connectivity index (χ0n) is 15.1. The molecule has 0 aliphatic carbocycles. The summed E-state index contributed by atoms with van der Waals surface area (Å²) in [5.41, 5.74) is 3.38. The minimum atomic E-state index is -3.57. The smallest absolute Gasteiger partial charge is 0.240 e. The van der Waals surface area contributed by atoms with E-state index >= 15 is 0 Å². The van der Waals surface area contributed by atoms with Crippen LogP contribution in [0.2, 0.25) is 5.02 Å². The van der Waals surface area contributed by atoms with Gasteiger partial charge in [0.2, 0.25) is 15.9 Å². The topological polar surface area (TPSA) is 66.5 Å². The Morgan fingerprint density at radius 1 is 1.12 bits per heavy atom. The molecule has 0 saturated heterocycles. The number of benzene rings is 2. The van der Waals surface area contributed by atoms with Gasteiger partial charge in [0, 0.05) is 11.6 Å². The van der Waals surface area contributed by atoms with Crippen LogP contribution in [0.1, 0.15) is 16.7 Å². The molecular weight excluding hydrogens is 372 g/mol. The van der Waals surface area contributed by atoms with Gasteiger partial charge in [0.05, 0.1) is 11.9 Å². The minimum Gasteiger partial charge on any atom is -0.354 e. The first kappa shape index (κ1) is 20.3. The molecule has 0 spiro atoms. The van der Waals surface area contributed by atoms with Crippen molar-refractivity contribution in [2.75, 3.05) is 23.7 Å². The third kappa shape index (κ3) is 6.04. The molecule has 1 amide bonds. The summed E-state index contributed by atoms with van der Waals surface area (Å²) in [6.45, 7) is 3.94. The maximum Gasteiger partial charge on any atom is 0.240 e. The van der Waals surface area contributed by atoms with Gasteiger partial charge in [-0.3, -0.25) is 9.10 Å². The molecule has 0 fully saturated rings. The Bertz CT molecular complexity index is 877. The van der Waals surface area contributed by atoms with E-state index in [0.717, 1.165) is 27.3 Å². The Hall–Kier alpha value is -2.05. The standard InChI is InChI=1S/C19H23ClN2O3S/c1-14-9-15(2)11-18(10-14)22(26(3,24)25)13-19(23)21-8-7-16-5-4-6-17(20)12-16/h4-6,9-12H,7-8,13H2,1-3H3,(H,21,23). The van der Waals surface area contributed by atoms with Crippen molar-refractivity contribution in [3.8, 4) is 0 Å². The Kier molecular flexibility index (Phi) is 6.67. The predicted molar refractivity (Wildman–Crippen MR) is 106 cm³/mol. The van der Waals surface area contributed by atoms with E-state index in [1.165, 1.54) is 0 Å². The van der Waals surface area contributed by atoms with Gasteiger partial charge in [0.15, 0.2) is 0 Å². The van der Waals surface area contributed by atoms with E-state index in [1.54, 1.807) is 18.2 Å². The van der Waals surface area contributed by atoms with Crippen molar-refractivity contribution in [3.63, 3.8) is 0 Å². The van der Waals surface area contributed by atoms with Crippen LogP contribution >= 0.6 is 11.6 Å². The van der Waals surface area contributed by atoms with E-state index < -0.39 is 10.0 Å². The average molecular weight is 395 g/mol. The second kappa shape index (κ2) is 8.56. The van der Waals surface area contributed by atoms with E-state index in [9.17, 15) is 13.2 Å². The molecular formula is C19H23ClN2O3S. The summed E-state index contributed by atoms with van der Waals surface area (Å²) >= 11 is 5.94. The lowest BCUT2D eigenvalue weighted by Gasteiger charge is -2.22. The highest BCUT2D eigenvalue weighted by atomic mass is 35.5. The van der Waals surface area contributed by atoms with E-state index in [2.05, 4.69) is 5.32 Å². The molecule has 2 aromatic carbocycles. The molecule has 0 radical (unpaired) electrons. The number of aryl methyl sites for hydroxylation is 2. The quantitative estimate of drug-likeness (QED) is 0.784. The Labute approximate surface area is 160 Å². The van der Waals surface area contributed by atoms with Gasteiger partial charge in [-0.1, -0.05) is 29.8 Å². The molecule has 0 bridgehead atoms. The highest BCUT2D eigenvalue weighted by Crippen LogP contribution is 2.21. The summed E-state index contributed by atoms with van der Waals surface area (Å²) in [4.78, 5) is 12.3. The van der Waals surface area contributed by atoms with Crippen molar-refractivity contribution in [2.24, 2.45) is 0 Å². The van der Waals surface area contributed by atoms with Crippen LogP contribution in [0.25, 0.3) is 0 Å². The van der Waals surface area contributed by atoms with Crippen LogP contribution in [0.5, 0.6) is 0 Å². The molecule has 140 valence electrons. The fourth-order valence-corrected chi connectivity index (χ4v) is 3.77. The van der Waals surface area contributed by atoms with Crippen molar-refractivity contribution < 1.29 is 13.2 Å². The fraction of sp³-hybridized carbons (Fsp3) is 0.316. The summed E-state index contributed by atoms with van der Waals surface area (Å²) < 4.78 is 25.4. The monoisotopic (exact) mass is 394 g/mol.